The number of benzene rings is 1. The van der Waals surface area contributed by atoms with Crippen molar-refractivity contribution in [1.29, 1.82) is 0 Å². The average molecular weight is 387 g/mol. The number of rotatable bonds is 7. The number of carbonyl (C=O) groups excluding carboxylic acids is 2. The normalized spacial score (nSPS) is 21.8. The smallest absolute Gasteiger partial charge is 0.231 e. The number of amides is 1. The molecule has 1 aliphatic heterocycles. The van der Waals surface area contributed by atoms with E-state index in [9.17, 15) is 9.59 Å². The Hall–Kier alpha value is -2.18. The summed E-state index contributed by atoms with van der Waals surface area (Å²) in [6, 6.07) is 7.51. The van der Waals surface area contributed by atoms with Gasteiger partial charge < -0.3 is 19.1 Å². The van der Waals surface area contributed by atoms with E-state index in [1.165, 1.54) is 0 Å². The van der Waals surface area contributed by atoms with Gasteiger partial charge in [0.2, 0.25) is 5.91 Å². The number of ether oxygens (including phenoxy) is 3. The first-order valence-electron chi connectivity index (χ1n) is 9.65. The van der Waals surface area contributed by atoms with E-state index in [0.29, 0.717) is 32.1 Å². The lowest BCUT2D eigenvalue weighted by Crippen LogP contribution is -2.58. The van der Waals surface area contributed by atoms with Crippen LogP contribution < -0.4 is 4.74 Å². The van der Waals surface area contributed by atoms with Crippen LogP contribution in [-0.4, -0.2) is 55.3 Å². The molecule has 1 spiro atoms. The van der Waals surface area contributed by atoms with Crippen molar-refractivity contribution in [2.24, 2.45) is 0 Å². The summed E-state index contributed by atoms with van der Waals surface area (Å²) in [5.41, 5.74) is 0.273. The molecule has 1 aromatic carbocycles. The third-order valence-corrected chi connectivity index (χ3v) is 6.35. The van der Waals surface area contributed by atoms with Crippen molar-refractivity contribution in [3.8, 4) is 5.75 Å². The van der Waals surface area contributed by atoms with Crippen molar-refractivity contribution < 1.29 is 23.8 Å². The van der Waals surface area contributed by atoms with Gasteiger partial charge in [0.1, 0.15) is 11.3 Å². The molecule has 0 unspecified atom stereocenters. The number of Topliss-reactive ketones (excluding diaryl/α,β-unsaturated/α-hetero) is 1. The van der Waals surface area contributed by atoms with Gasteiger partial charge in [0.05, 0.1) is 19.6 Å². The zero-order valence-electron chi connectivity index (χ0n) is 16.9. The Kier molecular flexibility index (Phi) is 5.91. The van der Waals surface area contributed by atoms with Crippen LogP contribution in [0.1, 0.15) is 37.7 Å². The van der Waals surface area contributed by atoms with Crippen LogP contribution in [0.15, 0.2) is 36.9 Å². The summed E-state index contributed by atoms with van der Waals surface area (Å²) in [7, 11) is 4.87. The van der Waals surface area contributed by atoms with E-state index in [-0.39, 0.29) is 24.2 Å². The lowest BCUT2D eigenvalue weighted by molar-refractivity contribution is -0.233. The van der Waals surface area contributed by atoms with E-state index in [4.69, 9.17) is 14.2 Å². The minimum Gasteiger partial charge on any atom is -0.497 e. The molecule has 1 saturated carbocycles. The standard InChI is InChI=1S/C22H29NO5/c1-5-17(14-16-6-8-18(26-2)9-7-16)23-20(25)15-19(24)21(23)10-12-22(27-3,28-4)13-11-21/h5-9,17H,1,10-15H2,2-4H3/t17-/m1/s1. The number of likely N-dealkylation sites (tertiary alicyclic amines) is 1. The van der Waals surface area contributed by atoms with Gasteiger partial charge in [-0.05, 0) is 37.0 Å². The van der Waals surface area contributed by atoms with E-state index >= 15 is 0 Å². The zero-order chi connectivity index (χ0) is 20.4. The quantitative estimate of drug-likeness (QED) is 0.409. The Morgan fingerprint density at radius 1 is 1.07 bits per heavy atom. The maximum absolute atomic E-state index is 12.9. The minimum atomic E-state index is -0.789. The highest BCUT2D eigenvalue weighted by atomic mass is 16.7. The molecule has 1 aromatic rings. The summed E-state index contributed by atoms with van der Waals surface area (Å²) in [5, 5.41) is 0. The van der Waals surface area contributed by atoms with Crippen molar-refractivity contribution in [1.82, 2.24) is 4.90 Å². The molecule has 0 bridgehead atoms. The molecule has 28 heavy (non-hydrogen) atoms. The van der Waals surface area contributed by atoms with Gasteiger partial charge in [-0.1, -0.05) is 18.2 Å². The van der Waals surface area contributed by atoms with E-state index in [0.717, 1.165) is 11.3 Å². The summed E-state index contributed by atoms with van der Waals surface area (Å²) in [5.74, 6) is -0.0149. The van der Waals surface area contributed by atoms with E-state index in [1.807, 2.05) is 24.3 Å². The van der Waals surface area contributed by atoms with Crippen LogP contribution >= 0.6 is 0 Å². The van der Waals surface area contributed by atoms with Gasteiger partial charge >= 0.3 is 0 Å². The fraction of sp³-hybridized carbons (Fsp3) is 0.545. The fourth-order valence-electron chi connectivity index (χ4n) is 4.60. The molecule has 3 rings (SSSR count). The number of ketones is 1. The predicted octanol–water partition coefficient (Wildman–Crippen LogP) is 2.90. The van der Waals surface area contributed by atoms with Crippen LogP contribution in [0.2, 0.25) is 0 Å². The fourth-order valence-corrected chi connectivity index (χ4v) is 4.60. The number of hydrogen-bond acceptors (Lipinski definition) is 5. The Balaban J connectivity index is 1.85. The average Bonchev–Trinajstić information content (AvgIpc) is 2.97. The molecular weight excluding hydrogens is 358 g/mol. The largest absolute Gasteiger partial charge is 0.497 e. The molecule has 6 heteroatoms. The Labute approximate surface area is 166 Å². The minimum absolute atomic E-state index is 0.000105. The van der Waals surface area contributed by atoms with Crippen LogP contribution in [0.4, 0.5) is 0 Å². The number of methoxy groups -OCH3 is 3. The second-order valence-electron chi connectivity index (χ2n) is 7.57. The van der Waals surface area contributed by atoms with E-state index in [2.05, 4.69) is 6.58 Å². The molecule has 6 nitrogen and oxygen atoms in total. The molecule has 1 saturated heterocycles. The van der Waals surface area contributed by atoms with Crippen LogP contribution in [0.25, 0.3) is 0 Å². The Morgan fingerprint density at radius 2 is 1.68 bits per heavy atom. The van der Waals surface area contributed by atoms with Gasteiger partial charge in [-0.3, -0.25) is 9.59 Å². The summed E-state index contributed by atoms with van der Waals surface area (Å²) in [4.78, 5) is 27.5. The third kappa shape index (κ3) is 3.47. The van der Waals surface area contributed by atoms with Crippen molar-refractivity contribution in [3.63, 3.8) is 0 Å². The second kappa shape index (κ2) is 8.05. The molecule has 152 valence electrons. The van der Waals surface area contributed by atoms with Crippen molar-refractivity contribution >= 4 is 11.7 Å². The van der Waals surface area contributed by atoms with Crippen molar-refractivity contribution in [3.05, 3.63) is 42.5 Å². The Morgan fingerprint density at radius 3 is 2.18 bits per heavy atom. The molecule has 2 aliphatic rings. The first kappa shape index (κ1) is 20.6. The maximum Gasteiger partial charge on any atom is 0.231 e. The topological polar surface area (TPSA) is 65.1 Å². The molecule has 1 aliphatic carbocycles. The number of carbonyl (C=O) groups is 2. The highest BCUT2D eigenvalue weighted by Crippen LogP contribution is 2.46. The Bertz CT molecular complexity index is 728. The number of hydrogen-bond donors (Lipinski definition) is 0. The van der Waals surface area contributed by atoms with Crippen molar-refractivity contribution in [2.45, 2.75) is 55.9 Å². The van der Waals surface area contributed by atoms with Gasteiger partial charge in [0.15, 0.2) is 11.6 Å². The summed E-state index contributed by atoms with van der Waals surface area (Å²) in [6.45, 7) is 3.95. The molecule has 1 heterocycles. The highest BCUT2D eigenvalue weighted by molar-refractivity contribution is 6.10. The number of nitrogens with zero attached hydrogens (tertiary/aromatic N) is 1. The van der Waals surface area contributed by atoms with Crippen LogP contribution in [0, 0.1) is 0 Å². The van der Waals surface area contributed by atoms with Gasteiger partial charge in [0, 0.05) is 27.1 Å². The van der Waals surface area contributed by atoms with Gasteiger partial charge in [-0.15, -0.1) is 6.58 Å². The lowest BCUT2D eigenvalue weighted by Gasteiger charge is -2.48. The third-order valence-electron chi connectivity index (χ3n) is 6.35. The molecule has 1 atom stereocenters. The van der Waals surface area contributed by atoms with Crippen molar-refractivity contribution in [2.75, 3.05) is 21.3 Å². The van der Waals surface area contributed by atoms with Gasteiger partial charge in [0.25, 0.3) is 0 Å². The predicted molar refractivity (Wildman–Crippen MR) is 105 cm³/mol. The van der Waals surface area contributed by atoms with Gasteiger partial charge in [-0.2, -0.15) is 0 Å². The molecule has 0 radical (unpaired) electrons. The highest BCUT2D eigenvalue weighted by Gasteiger charge is 2.57. The molecule has 0 aromatic heterocycles. The maximum atomic E-state index is 12.9. The molecule has 2 fully saturated rings. The van der Waals surface area contributed by atoms with Crippen LogP contribution in [0.5, 0.6) is 5.75 Å². The zero-order valence-corrected chi connectivity index (χ0v) is 16.9. The van der Waals surface area contributed by atoms with Crippen LogP contribution in [-0.2, 0) is 25.5 Å². The second-order valence-corrected chi connectivity index (χ2v) is 7.57. The van der Waals surface area contributed by atoms with E-state index in [1.54, 1.807) is 32.3 Å². The summed E-state index contributed by atoms with van der Waals surface area (Å²) >= 11 is 0. The molecule has 1 amide bonds. The van der Waals surface area contributed by atoms with Gasteiger partial charge in [-0.25, -0.2) is 0 Å². The summed E-state index contributed by atoms with van der Waals surface area (Å²) < 4.78 is 16.3. The summed E-state index contributed by atoms with van der Waals surface area (Å²) in [6.07, 6.45) is 4.55. The SMILES string of the molecule is C=C[C@H](Cc1ccc(OC)cc1)N1C(=O)CC(=O)C12CCC(OC)(OC)CC2. The first-order chi connectivity index (χ1) is 13.4. The lowest BCUT2D eigenvalue weighted by atomic mass is 9.75. The van der Waals surface area contributed by atoms with Crippen LogP contribution in [0.3, 0.4) is 0 Å². The molecular formula is C22H29NO5. The molecule has 0 N–H and O–H groups in total. The first-order valence-corrected chi connectivity index (χ1v) is 9.65. The van der Waals surface area contributed by atoms with E-state index < -0.39 is 11.3 Å². The monoisotopic (exact) mass is 387 g/mol.